The molecule has 0 aliphatic carbocycles. The highest BCUT2D eigenvalue weighted by molar-refractivity contribution is 7.09. The van der Waals surface area contributed by atoms with Gasteiger partial charge in [-0.1, -0.05) is 6.07 Å². The molecule has 0 spiro atoms. The molecule has 1 fully saturated rings. The van der Waals surface area contributed by atoms with Gasteiger partial charge in [-0.15, -0.1) is 21.5 Å². The first-order valence-electron chi connectivity index (χ1n) is 8.31. The third-order valence-electron chi connectivity index (χ3n) is 4.50. The second-order valence-corrected chi connectivity index (χ2v) is 7.15. The number of nitrogens with zero attached hydrogens (tertiary/aromatic N) is 3. The minimum Gasteiger partial charge on any atom is -0.423 e. The summed E-state index contributed by atoms with van der Waals surface area (Å²) in [6.45, 7) is 4.63. The number of carbonyl (C=O) groups excluding carboxylic acids is 1. The largest absolute Gasteiger partial charge is 0.423 e. The van der Waals surface area contributed by atoms with Crippen LogP contribution >= 0.6 is 11.3 Å². The number of rotatable bonds is 4. The van der Waals surface area contributed by atoms with Crippen molar-refractivity contribution in [2.24, 2.45) is 0 Å². The highest BCUT2D eigenvalue weighted by atomic mass is 32.1. The zero-order valence-electron chi connectivity index (χ0n) is 13.7. The van der Waals surface area contributed by atoms with Crippen LogP contribution < -0.4 is 4.90 Å². The molecule has 0 radical (unpaired) electrons. The molecule has 7 heteroatoms. The lowest BCUT2D eigenvalue weighted by Gasteiger charge is -2.32. The molecule has 1 aliphatic heterocycles. The second kappa shape index (κ2) is 7.16. The first kappa shape index (κ1) is 16.0. The molecule has 1 N–H and O–H groups in total. The zero-order valence-corrected chi connectivity index (χ0v) is 14.5. The molecule has 0 saturated carbocycles. The first-order chi connectivity index (χ1) is 12.3. The predicted octanol–water partition coefficient (Wildman–Crippen LogP) is 1.34. The Morgan fingerprint density at radius 1 is 1.20 bits per heavy atom. The summed E-state index contributed by atoms with van der Waals surface area (Å²) in [5, 5.41) is 9.66. The van der Waals surface area contributed by atoms with Crippen molar-refractivity contribution in [1.82, 2.24) is 15.1 Å². The van der Waals surface area contributed by atoms with Gasteiger partial charge in [0.05, 0.1) is 31.1 Å². The Labute approximate surface area is 149 Å². The molecule has 2 aromatic heterocycles. The Bertz CT molecular complexity index is 807. The number of thiophene rings is 1. The Balaban J connectivity index is 1.35. The molecule has 3 heterocycles. The average molecular weight is 355 g/mol. The number of benzene rings is 1. The van der Waals surface area contributed by atoms with Gasteiger partial charge in [0.15, 0.2) is 0 Å². The van der Waals surface area contributed by atoms with Crippen LogP contribution in [0.4, 0.5) is 0 Å². The van der Waals surface area contributed by atoms with E-state index in [-0.39, 0.29) is 5.91 Å². The second-order valence-electron chi connectivity index (χ2n) is 6.12. The fourth-order valence-electron chi connectivity index (χ4n) is 3.10. The van der Waals surface area contributed by atoms with Crippen LogP contribution in [0.25, 0.3) is 11.5 Å². The van der Waals surface area contributed by atoms with Gasteiger partial charge in [-0.05, 0) is 35.7 Å². The van der Waals surface area contributed by atoms with Crippen molar-refractivity contribution in [2.75, 3.05) is 26.2 Å². The molecule has 0 bridgehead atoms. The van der Waals surface area contributed by atoms with Gasteiger partial charge in [0.1, 0.15) is 6.54 Å². The number of hydrogen-bond acceptors (Lipinski definition) is 5. The molecule has 6 nitrogen and oxygen atoms in total. The van der Waals surface area contributed by atoms with Crippen molar-refractivity contribution >= 4 is 17.2 Å². The molecular formula is C18H19N4O2S+. The van der Waals surface area contributed by atoms with Gasteiger partial charge in [-0.25, -0.2) is 0 Å². The molecule has 128 valence electrons. The van der Waals surface area contributed by atoms with Gasteiger partial charge in [0.25, 0.3) is 5.91 Å². The van der Waals surface area contributed by atoms with E-state index in [1.54, 1.807) is 16.2 Å². The van der Waals surface area contributed by atoms with E-state index >= 15 is 0 Å². The number of amides is 1. The van der Waals surface area contributed by atoms with Gasteiger partial charge in [-0.3, -0.25) is 4.79 Å². The van der Waals surface area contributed by atoms with Crippen LogP contribution in [0.3, 0.4) is 0 Å². The van der Waals surface area contributed by atoms with E-state index in [1.165, 1.54) is 11.3 Å². The monoisotopic (exact) mass is 355 g/mol. The lowest BCUT2D eigenvalue weighted by molar-refractivity contribution is -0.917. The summed E-state index contributed by atoms with van der Waals surface area (Å²) in [5.74, 6) is 0.553. The molecule has 0 atom stereocenters. The number of piperazine rings is 1. The van der Waals surface area contributed by atoms with E-state index in [1.807, 2.05) is 29.2 Å². The van der Waals surface area contributed by atoms with Crippen LogP contribution in [0, 0.1) is 0 Å². The van der Waals surface area contributed by atoms with Crippen molar-refractivity contribution in [3.05, 3.63) is 58.6 Å². The molecule has 1 amide bonds. The van der Waals surface area contributed by atoms with Crippen LogP contribution in [-0.4, -0.2) is 47.2 Å². The van der Waals surface area contributed by atoms with Crippen LogP contribution in [0.15, 0.2) is 52.6 Å². The Morgan fingerprint density at radius 2 is 2.00 bits per heavy atom. The van der Waals surface area contributed by atoms with Crippen molar-refractivity contribution in [3.8, 4) is 11.5 Å². The Kier molecular flexibility index (Phi) is 4.58. The normalized spacial score (nSPS) is 15.4. The van der Waals surface area contributed by atoms with Crippen LogP contribution in [0.2, 0.25) is 0 Å². The van der Waals surface area contributed by atoms with Gasteiger partial charge >= 0.3 is 0 Å². The quantitative estimate of drug-likeness (QED) is 0.767. The van der Waals surface area contributed by atoms with E-state index in [4.69, 9.17) is 4.42 Å². The molecule has 0 unspecified atom stereocenters. The molecule has 4 rings (SSSR count). The lowest BCUT2D eigenvalue weighted by Crippen LogP contribution is -3.13. The summed E-state index contributed by atoms with van der Waals surface area (Å²) in [6.07, 6.45) is 1.30. The molecule has 1 aromatic carbocycles. The minimum atomic E-state index is 0.0900. The zero-order chi connectivity index (χ0) is 17.1. The molecule has 3 aromatic rings. The Morgan fingerprint density at radius 3 is 2.64 bits per heavy atom. The topological polar surface area (TPSA) is 63.7 Å². The maximum atomic E-state index is 12.7. The summed E-state index contributed by atoms with van der Waals surface area (Å²) in [5.41, 5.74) is 1.52. The van der Waals surface area contributed by atoms with Crippen molar-refractivity contribution in [1.29, 1.82) is 0 Å². The molecule has 25 heavy (non-hydrogen) atoms. The van der Waals surface area contributed by atoms with Crippen LogP contribution in [0.5, 0.6) is 0 Å². The van der Waals surface area contributed by atoms with E-state index in [0.29, 0.717) is 11.5 Å². The predicted molar refractivity (Wildman–Crippen MR) is 94.4 cm³/mol. The molecule has 1 aliphatic rings. The highest BCUT2D eigenvalue weighted by Gasteiger charge is 2.24. The van der Waals surface area contributed by atoms with E-state index < -0.39 is 0 Å². The number of nitrogens with one attached hydrogen (secondary N) is 1. The van der Waals surface area contributed by atoms with Crippen LogP contribution in [0.1, 0.15) is 15.2 Å². The third-order valence-corrected chi connectivity index (χ3v) is 5.38. The standard InChI is InChI=1S/C18H18N4O2S/c23-18(15-5-3-14(4-6-15)17-20-19-13-24-17)22-9-7-21(8-10-22)12-16-2-1-11-25-16/h1-6,11,13H,7-10,12H2/p+1. The molecular weight excluding hydrogens is 336 g/mol. The van der Waals surface area contributed by atoms with Gasteiger partial charge in [-0.2, -0.15) is 0 Å². The van der Waals surface area contributed by atoms with E-state index in [9.17, 15) is 4.79 Å². The van der Waals surface area contributed by atoms with Gasteiger partial charge in [0, 0.05) is 11.1 Å². The van der Waals surface area contributed by atoms with Crippen molar-refractivity contribution < 1.29 is 14.1 Å². The fourth-order valence-corrected chi connectivity index (χ4v) is 3.88. The number of carbonyl (C=O) groups is 1. The molecule has 1 saturated heterocycles. The third kappa shape index (κ3) is 3.62. The highest BCUT2D eigenvalue weighted by Crippen LogP contribution is 2.17. The van der Waals surface area contributed by atoms with E-state index in [0.717, 1.165) is 38.3 Å². The summed E-state index contributed by atoms with van der Waals surface area (Å²) in [7, 11) is 0. The smallest absolute Gasteiger partial charge is 0.254 e. The van der Waals surface area contributed by atoms with Gasteiger partial charge in [0.2, 0.25) is 12.3 Å². The maximum Gasteiger partial charge on any atom is 0.254 e. The fraction of sp³-hybridized carbons (Fsp3) is 0.278. The number of quaternary nitrogens is 1. The maximum absolute atomic E-state index is 12.7. The summed E-state index contributed by atoms with van der Waals surface area (Å²) in [6, 6.07) is 11.6. The first-order valence-corrected chi connectivity index (χ1v) is 9.19. The number of hydrogen-bond donors (Lipinski definition) is 1. The Hall–Kier alpha value is -2.51. The summed E-state index contributed by atoms with van der Waals surface area (Å²) < 4.78 is 5.17. The summed E-state index contributed by atoms with van der Waals surface area (Å²) >= 11 is 1.80. The number of aromatic nitrogens is 2. The van der Waals surface area contributed by atoms with Crippen LogP contribution in [-0.2, 0) is 6.54 Å². The lowest BCUT2D eigenvalue weighted by atomic mass is 10.1. The van der Waals surface area contributed by atoms with Crippen molar-refractivity contribution in [2.45, 2.75) is 6.54 Å². The summed E-state index contributed by atoms with van der Waals surface area (Å²) in [4.78, 5) is 17.6. The van der Waals surface area contributed by atoms with E-state index in [2.05, 4.69) is 27.7 Å². The minimum absolute atomic E-state index is 0.0900. The van der Waals surface area contributed by atoms with Gasteiger partial charge < -0.3 is 14.2 Å². The SMILES string of the molecule is O=C(c1ccc(-c2nnco2)cc1)N1CC[NH+](Cc2cccs2)CC1. The van der Waals surface area contributed by atoms with Crippen molar-refractivity contribution in [3.63, 3.8) is 0 Å². The average Bonchev–Trinajstić information content (AvgIpc) is 3.36.